The third kappa shape index (κ3) is 1.04. The molecule has 3 heteroatoms. The molecule has 0 unspecified atom stereocenters. The normalized spacial score (nSPS) is 16.6. The number of hydrogen-bond donors (Lipinski definition) is 1. The molecule has 1 aromatic heterocycles. The van der Waals surface area contributed by atoms with Gasteiger partial charge in [0, 0.05) is 0 Å². The lowest BCUT2D eigenvalue weighted by Crippen LogP contribution is -1.99. The van der Waals surface area contributed by atoms with Gasteiger partial charge in [-0.05, 0) is 30.4 Å². The molecule has 0 amide bonds. The highest BCUT2D eigenvalue weighted by molar-refractivity contribution is 7.13. The molecule has 1 saturated carbocycles. The zero-order valence-electron chi connectivity index (χ0n) is 7.04. The topological polar surface area (TPSA) is 32.9 Å². The lowest BCUT2D eigenvalue weighted by Gasteiger charge is -1.96. The Morgan fingerprint density at radius 2 is 2.23 bits per heavy atom. The Bertz CT molecular complexity index is 507. The maximum absolute atomic E-state index is 11.5. The molecule has 13 heavy (non-hydrogen) atoms. The van der Waals surface area contributed by atoms with Crippen LogP contribution in [-0.2, 0) is 0 Å². The highest BCUT2D eigenvalue weighted by atomic mass is 32.1. The van der Waals surface area contributed by atoms with Gasteiger partial charge in [-0.15, -0.1) is 0 Å². The number of rotatable bonds is 1. The third-order valence-corrected chi connectivity index (χ3v) is 3.40. The highest BCUT2D eigenvalue weighted by Crippen LogP contribution is 2.42. The number of benzene rings is 1. The number of hydrogen-bond acceptors (Lipinski definition) is 2. The van der Waals surface area contributed by atoms with E-state index >= 15 is 0 Å². The van der Waals surface area contributed by atoms with Crippen LogP contribution in [0.3, 0.4) is 0 Å². The van der Waals surface area contributed by atoms with Crippen molar-refractivity contribution in [2.45, 2.75) is 18.8 Å². The first kappa shape index (κ1) is 7.33. The molecule has 0 atom stereocenters. The first-order valence-corrected chi connectivity index (χ1v) is 5.28. The average molecular weight is 191 g/mol. The van der Waals surface area contributed by atoms with Crippen LogP contribution in [0.5, 0.6) is 0 Å². The van der Waals surface area contributed by atoms with Crippen molar-refractivity contribution in [3.63, 3.8) is 0 Å². The second-order valence-corrected chi connectivity index (χ2v) is 4.38. The van der Waals surface area contributed by atoms with Crippen molar-refractivity contribution in [1.82, 2.24) is 4.37 Å². The quantitative estimate of drug-likeness (QED) is 0.738. The summed E-state index contributed by atoms with van der Waals surface area (Å²) in [5, 5.41) is 0.926. The monoisotopic (exact) mass is 191 g/mol. The standard InChI is InChI=1S/C10H9NOS/c12-10-9-7(6-4-5-6)2-1-3-8(9)13-11-10/h1-3,6H,4-5H2,(H,11,12). The first-order valence-electron chi connectivity index (χ1n) is 4.46. The van der Waals surface area contributed by atoms with Crippen LogP contribution >= 0.6 is 11.5 Å². The molecule has 1 aromatic carbocycles. The summed E-state index contributed by atoms with van der Waals surface area (Å²) in [4.78, 5) is 11.5. The summed E-state index contributed by atoms with van der Waals surface area (Å²) < 4.78 is 3.88. The van der Waals surface area contributed by atoms with Gasteiger partial charge in [-0.1, -0.05) is 23.7 Å². The fraction of sp³-hybridized carbons (Fsp3) is 0.300. The number of aromatic amines is 1. The van der Waals surface area contributed by atoms with Gasteiger partial charge in [0.25, 0.3) is 5.56 Å². The zero-order valence-corrected chi connectivity index (χ0v) is 7.86. The SMILES string of the molecule is O=c1[nH]sc2cccc(C3CC3)c12. The van der Waals surface area contributed by atoms with Gasteiger partial charge in [-0.3, -0.25) is 9.17 Å². The van der Waals surface area contributed by atoms with E-state index in [0.717, 1.165) is 10.1 Å². The van der Waals surface area contributed by atoms with Gasteiger partial charge in [-0.25, -0.2) is 0 Å². The van der Waals surface area contributed by atoms with Crippen LogP contribution in [0, 0.1) is 0 Å². The van der Waals surface area contributed by atoms with Crippen LogP contribution in [0.15, 0.2) is 23.0 Å². The lowest BCUT2D eigenvalue weighted by atomic mass is 10.1. The van der Waals surface area contributed by atoms with Gasteiger partial charge < -0.3 is 0 Å². The Balaban J connectivity index is 2.43. The van der Waals surface area contributed by atoms with E-state index in [1.54, 1.807) is 0 Å². The zero-order chi connectivity index (χ0) is 8.84. The predicted molar refractivity (Wildman–Crippen MR) is 54.4 cm³/mol. The molecule has 1 heterocycles. The number of nitrogens with one attached hydrogen (secondary N) is 1. The molecule has 1 aliphatic rings. The van der Waals surface area contributed by atoms with Crippen molar-refractivity contribution >= 4 is 21.6 Å². The van der Waals surface area contributed by atoms with Gasteiger partial charge in [0.2, 0.25) is 0 Å². The molecule has 2 aromatic rings. The molecule has 0 spiro atoms. The highest BCUT2D eigenvalue weighted by Gasteiger charge is 2.26. The van der Waals surface area contributed by atoms with Crippen molar-refractivity contribution in [2.75, 3.05) is 0 Å². The van der Waals surface area contributed by atoms with Gasteiger partial charge in [-0.2, -0.15) is 0 Å². The van der Waals surface area contributed by atoms with E-state index in [1.165, 1.54) is 29.9 Å². The van der Waals surface area contributed by atoms with Crippen LogP contribution in [0.1, 0.15) is 24.3 Å². The van der Waals surface area contributed by atoms with E-state index in [4.69, 9.17) is 0 Å². The maximum Gasteiger partial charge on any atom is 0.266 e. The van der Waals surface area contributed by atoms with E-state index in [-0.39, 0.29) is 5.56 Å². The van der Waals surface area contributed by atoms with Crippen molar-refractivity contribution in [1.29, 1.82) is 0 Å². The second kappa shape index (κ2) is 2.45. The molecule has 0 radical (unpaired) electrons. The summed E-state index contributed by atoms with van der Waals surface area (Å²) in [7, 11) is 0. The molecule has 0 aliphatic heterocycles. The number of aromatic nitrogens is 1. The van der Waals surface area contributed by atoms with Crippen molar-refractivity contribution in [3.05, 3.63) is 34.1 Å². The van der Waals surface area contributed by atoms with Gasteiger partial charge in [0.1, 0.15) is 0 Å². The third-order valence-electron chi connectivity index (χ3n) is 2.56. The Morgan fingerprint density at radius 1 is 1.38 bits per heavy atom. The van der Waals surface area contributed by atoms with Crippen LogP contribution in [0.25, 0.3) is 10.1 Å². The van der Waals surface area contributed by atoms with Gasteiger partial charge in [0.15, 0.2) is 0 Å². The predicted octanol–water partition coefficient (Wildman–Crippen LogP) is 2.47. The summed E-state index contributed by atoms with van der Waals surface area (Å²) in [6.07, 6.45) is 2.49. The van der Waals surface area contributed by atoms with Crippen molar-refractivity contribution in [3.8, 4) is 0 Å². The van der Waals surface area contributed by atoms with Gasteiger partial charge >= 0.3 is 0 Å². The molecule has 1 N–H and O–H groups in total. The van der Waals surface area contributed by atoms with Crippen LogP contribution in [0.2, 0.25) is 0 Å². The fourth-order valence-electron chi connectivity index (χ4n) is 1.76. The van der Waals surface area contributed by atoms with E-state index < -0.39 is 0 Å². The van der Waals surface area contributed by atoms with E-state index in [0.29, 0.717) is 5.92 Å². The molecule has 0 bridgehead atoms. The van der Waals surface area contributed by atoms with Crippen molar-refractivity contribution in [2.24, 2.45) is 0 Å². The smallest absolute Gasteiger partial charge is 0.266 e. The maximum atomic E-state index is 11.5. The summed E-state index contributed by atoms with van der Waals surface area (Å²) in [5.41, 5.74) is 1.34. The molecule has 2 nitrogen and oxygen atoms in total. The summed E-state index contributed by atoms with van der Waals surface area (Å²) >= 11 is 1.44. The van der Waals surface area contributed by atoms with E-state index in [1.807, 2.05) is 12.1 Å². The largest absolute Gasteiger partial charge is 0.277 e. The van der Waals surface area contributed by atoms with E-state index in [2.05, 4.69) is 10.4 Å². The molecule has 66 valence electrons. The molecule has 3 rings (SSSR count). The lowest BCUT2D eigenvalue weighted by molar-refractivity contribution is 1.15. The summed E-state index contributed by atoms with van der Waals surface area (Å²) in [6.45, 7) is 0. The Morgan fingerprint density at radius 3 is 3.00 bits per heavy atom. The molecule has 1 fully saturated rings. The second-order valence-electron chi connectivity index (χ2n) is 3.53. The summed E-state index contributed by atoms with van der Waals surface area (Å²) in [6, 6.07) is 6.13. The molecular formula is C10H9NOS. The van der Waals surface area contributed by atoms with Crippen LogP contribution < -0.4 is 5.56 Å². The minimum absolute atomic E-state index is 0.0856. The number of fused-ring (bicyclic) bond motifs is 1. The molecular weight excluding hydrogens is 182 g/mol. The minimum Gasteiger partial charge on any atom is -0.277 e. The van der Waals surface area contributed by atoms with Crippen LogP contribution in [-0.4, -0.2) is 4.37 Å². The average Bonchev–Trinajstić information content (AvgIpc) is 2.92. The summed E-state index contributed by atoms with van der Waals surface area (Å²) in [5.74, 6) is 0.652. The molecule has 1 aliphatic carbocycles. The first-order chi connectivity index (χ1) is 6.36. The Labute approximate surface area is 79.4 Å². The van der Waals surface area contributed by atoms with Gasteiger partial charge in [0.05, 0.1) is 10.1 Å². The Kier molecular flexibility index (Phi) is 1.38. The fourth-order valence-corrected chi connectivity index (χ4v) is 2.53. The molecule has 0 saturated heterocycles. The van der Waals surface area contributed by atoms with E-state index in [9.17, 15) is 4.79 Å². The minimum atomic E-state index is 0.0856. The number of H-pyrrole nitrogens is 1. The van der Waals surface area contributed by atoms with Crippen LogP contribution in [0.4, 0.5) is 0 Å². The Hall–Kier alpha value is -1.09. The van der Waals surface area contributed by atoms with Crippen molar-refractivity contribution < 1.29 is 0 Å².